The summed E-state index contributed by atoms with van der Waals surface area (Å²) < 4.78 is 5.45. The fraction of sp³-hybridized carbons (Fsp3) is 0.579. The number of likely N-dealkylation sites (tertiary alicyclic amines) is 1. The van der Waals surface area contributed by atoms with Gasteiger partial charge in [-0.2, -0.15) is 0 Å². The van der Waals surface area contributed by atoms with Gasteiger partial charge in [-0.15, -0.1) is 0 Å². The highest BCUT2D eigenvalue weighted by Gasteiger charge is 2.42. The summed E-state index contributed by atoms with van der Waals surface area (Å²) in [6.07, 6.45) is 1.41. The molecule has 27 heavy (non-hydrogen) atoms. The smallest absolute Gasteiger partial charge is 0.317 e. The van der Waals surface area contributed by atoms with Crippen molar-refractivity contribution in [1.29, 1.82) is 0 Å². The second-order valence-corrected chi connectivity index (χ2v) is 7.90. The predicted molar refractivity (Wildman–Crippen MR) is 102 cm³/mol. The van der Waals surface area contributed by atoms with Crippen LogP contribution in [0, 0.1) is 0 Å². The Hall–Kier alpha value is -1.99. The molecule has 0 aliphatic carbocycles. The molecule has 0 bridgehead atoms. The molecule has 2 heterocycles. The zero-order valence-corrected chi connectivity index (χ0v) is 16.4. The molecule has 7 nitrogen and oxygen atoms in total. The second kappa shape index (κ2) is 7.94. The fourth-order valence-corrected chi connectivity index (χ4v) is 4.00. The van der Waals surface area contributed by atoms with Crippen molar-refractivity contribution < 1.29 is 19.4 Å². The minimum Gasteiger partial charge on any atom is -0.496 e. The lowest BCUT2D eigenvalue weighted by molar-refractivity contribution is -0.132. The average molecular weight is 396 g/mol. The summed E-state index contributed by atoms with van der Waals surface area (Å²) in [4.78, 5) is 25.8. The summed E-state index contributed by atoms with van der Waals surface area (Å²) in [6.45, 7) is 3.10. The number of nitrogens with one attached hydrogen (secondary N) is 2. The zero-order valence-electron chi connectivity index (χ0n) is 15.6. The molecule has 0 radical (unpaired) electrons. The summed E-state index contributed by atoms with van der Waals surface area (Å²) in [5, 5.41) is 15.7. The van der Waals surface area contributed by atoms with Crippen molar-refractivity contribution >= 4 is 23.5 Å². The van der Waals surface area contributed by atoms with Crippen molar-refractivity contribution in [3.8, 4) is 5.75 Å². The number of ether oxygens (including phenoxy) is 1. The van der Waals surface area contributed by atoms with Gasteiger partial charge in [-0.25, -0.2) is 4.79 Å². The maximum absolute atomic E-state index is 12.6. The largest absolute Gasteiger partial charge is 0.496 e. The molecule has 3 rings (SSSR count). The molecule has 2 saturated heterocycles. The van der Waals surface area contributed by atoms with E-state index in [-0.39, 0.29) is 12.3 Å². The van der Waals surface area contributed by atoms with Crippen LogP contribution in [-0.4, -0.2) is 53.9 Å². The Morgan fingerprint density at radius 3 is 2.70 bits per heavy atom. The third-order valence-electron chi connectivity index (χ3n) is 5.61. The molecule has 0 spiro atoms. The molecule has 1 aromatic rings. The Balaban J connectivity index is 1.53. The quantitative estimate of drug-likeness (QED) is 0.713. The van der Waals surface area contributed by atoms with Crippen molar-refractivity contribution in [2.75, 3.05) is 20.2 Å². The number of halogens is 1. The van der Waals surface area contributed by atoms with Gasteiger partial charge in [0.25, 0.3) is 0 Å². The molecule has 3 N–H and O–H groups in total. The van der Waals surface area contributed by atoms with Crippen LogP contribution in [0.5, 0.6) is 5.75 Å². The number of hydrogen-bond donors (Lipinski definition) is 3. The first-order chi connectivity index (χ1) is 12.8. The molecule has 8 heteroatoms. The molecule has 1 aromatic carbocycles. The number of hydrogen-bond acceptors (Lipinski definition) is 4. The van der Waals surface area contributed by atoms with Crippen LogP contribution >= 0.6 is 11.6 Å². The van der Waals surface area contributed by atoms with E-state index in [1.165, 1.54) is 0 Å². The van der Waals surface area contributed by atoms with Gasteiger partial charge in [0.05, 0.1) is 12.6 Å². The van der Waals surface area contributed by atoms with Crippen molar-refractivity contribution in [2.45, 2.75) is 50.3 Å². The number of aliphatic hydroxyl groups is 1. The van der Waals surface area contributed by atoms with Crippen molar-refractivity contribution in [2.24, 2.45) is 0 Å². The zero-order chi connectivity index (χ0) is 19.6. The molecule has 2 unspecified atom stereocenters. The van der Waals surface area contributed by atoms with E-state index in [4.69, 9.17) is 16.3 Å². The first-order valence-electron chi connectivity index (χ1n) is 9.20. The number of piperidine rings is 1. The Morgan fingerprint density at radius 2 is 2.11 bits per heavy atom. The Morgan fingerprint density at radius 1 is 1.41 bits per heavy atom. The minimum atomic E-state index is -0.985. The second-order valence-electron chi connectivity index (χ2n) is 7.46. The summed E-state index contributed by atoms with van der Waals surface area (Å²) in [7, 11) is 1.64. The maximum atomic E-state index is 12.6. The van der Waals surface area contributed by atoms with Gasteiger partial charge >= 0.3 is 6.03 Å². The SMILES string of the molecule is COc1cc(Cl)ccc1C1CCN(C(=O)CCC2(C)NC(=O)NC2O)CC1. The van der Waals surface area contributed by atoms with Gasteiger partial charge in [-0.05, 0) is 49.8 Å². The third-order valence-corrected chi connectivity index (χ3v) is 5.85. The average Bonchev–Trinajstić information content (AvgIpc) is 2.91. The van der Waals surface area contributed by atoms with Crippen molar-refractivity contribution in [1.82, 2.24) is 15.5 Å². The van der Waals surface area contributed by atoms with E-state index in [1.54, 1.807) is 14.0 Å². The number of urea groups is 1. The normalized spacial score (nSPS) is 25.9. The number of amides is 3. The van der Waals surface area contributed by atoms with Gasteiger partial charge in [-0.3, -0.25) is 4.79 Å². The highest BCUT2D eigenvalue weighted by molar-refractivity contribution is 6.30. The first kappa shape index (κ1) is 19.8. The lowest BCUT2D eigenvalue weighted by atomic mass is 9.88. The number of benzene rings is 1. The monoisotopic (exact) mass is 395 g/mol. The fourth-order valence-electron chi connectivity index (χ4n) is 3.83. The Bertz CT molecular complexity index is 721. The highest BCUT2D eigenvalue weighted by Crippen LogP contribution is 2.36. The van der Waals surface area contributed by atoms with Crippen LogP contribution in [0.25, 0.3) is 0 Å². The standard InChI is InChI=1S/C19H26ClN3O4/c1-19(17(25)21-18(26)22-19)8-5-16(24)23-9-6-12(7-10-23)14-4-3-13(20)11-15(14)27-2/h3-4,11-12,17,25H,5-10H2,1-2H3,(H2,21,22,26). The molecule has 2 atom stereocenters. The van der Waals surface area contributed by atoms with Crippen LogP contribution in [0.1, 0.15) is 44.1 Å². The number of nitrogens with zero attached hydrogens (tertiary/aromatic N) is 1. The van der Waals surface area contributed by atoms with Crippen LogP contribution in [-0.2, 0) is 4.79 Å². The molecule has 148 valence electrons. The molecule has 0 saturated carbocycles. The van der Waals surface area contributed by atoms with Gasteiger partial charge in [0.1, 0.15) is 5.75 Å². The van der Waals surface area contributed by atoms with Crippen molar-refractivity contribution in [3.63, 3.8) is 0 Å². The van der Waals surface area contributed by atoms with E-state index in [9.17, 15) is 14.7 Å². The van der Waals surface area contributed by atoms with E-state index in [0.717, 1.165) is 24.2 Å². The number of rotatable bonds is 5. The molecule has 0 aromatic heterocycles. The third kappa shape index (κ3) is 4.30. The number of carbonyl (C=O) groups excluding carboxylic acids is 2. The van der Waals surface area contributed by atoms with E-state index >= 15 is 0 Å². The van der Waals surface area contributed by atoms with Crippen LogP contribution < -0.4 is 15.4 Å². The van der Waals surface area contributed by atoms with E-state index < -0.39 is 17.8 Å². The molecule has 2 fully saturated rings. The van der Waals surface area contributed by atoms with Gasteiger partial charge in [0.15, 0.2) is 6.23 Å². The van der Waals surface area contributed by atoms with E-state index in [2.05, 4.69) is 10.6 Å². The highest BCUT2D eigenvalue weighted by atomic mass is 35.5. The van der Waals surface area contributed by atoms with Crippen LogP contribution in [0.15, 0.2) is 18.2 Å². The van der Waals surface area contributed by atoms with Gasteiger partial charge in [0, 0.05) is 24.5 Å². The summed E-state index contributed by atoms with van der Waals surface area (Å²) in [6, 6.07) is 5.29. The van der Waals surface area contributed by atoms with Crippen LogP contribution in [0.2, 0.25) is 5.02 Å². The molecular formula is C19H26ClN3O4. The lowest BCUT2D eigenvalue weighted by Crippen LogP contribution is -2.48. The maximum Gasteiger partial charge on any atom is 0.317 e. The number of aliphatic hydroxyl groups excluding tert-OH is 1. The summed E-state index contributed by atoms with van der Waals surface area (Å²) in [5.74, 6) is 1.17. The number of carbonyl (C=O) groups is 2. The number of methoxy groups -OCH3 is 1. The van der Waals surface area contributed by atoms with Crippen LogP contribution in [0.3, 0.4) is 0 Å². The molecular weight excluding hydrogens is 370 g/mol. The van der Waals surface area contributed by atoms with Crippen molar-refractivity contribution in [3.05, 3.63) is 28.8 Å². The Kier molecular flexibility index (Phi) is 5.81. The molecule has 2 aliphatic heterocycles. The molecule has 3 amide bonds. The van der Waals surface area contributed by atoms with Gasteiger partial charge in [0.2, 0.25) is 5.91 Å². The van der Waals surface area contributed by atoms with E-state index in [0.29, 0.717) is 30.5 Å². The molecule has 2 aliphatic rings. The summed E-state index contributed by atoms with van der Waals surface area (Å²) >= 11 is 6.04. The lowest BCUT2D eigenvalue weighted by Gasteiger charge is -2.34. The van der Waals surface area contributed by atoms with Gasteiger partial charge < -0.3 is 25.4 Å². The predicted octanol–water partition coefficient (Wildman–Crippen LogP) is 2.22. The topological polar surface area (TPSA) is 90.9 Å². The minimum absolute atomic E-state index is 0.0473. The van der Waals surface area contributed by atoms with Gasteiger partial charge in [-0.1, -0.05) is 17.7 Å². The summed E-state index contributed by atoms with van der Waals surface area (Å²) in [5.41, 5.74) is 0.311. The van der Waals surface area contributed by atoms with E-state index in [1.807, 2.05) is 23.1 Å². The first-order valence-corrected chi connectivity index (χ1v) is 9.58. The van der Waals surface area contributed by atoms with Crippen LogP contribution in [0.4, 0.5) is 4.79 Å². The Labute approximate surface area is 164 Å².